The topological polar surface area (TPSA) is 72.2 Å². The van der Waals surface area contributed by atoms with E-state index in [-0.39, 0.29) is 11.4 Å². The van der Waals surface area contributed by atoms with Gasteiger partial charge in [-0.2, -0.15) is 0 Å². The Morgan fingerprint density at radius 1 is 1.09 bits per heavy atom. The van der Waals surface area contributed by atoms with Gasteiger partial charge < -0.3 is 5.32 Å². The highest BCUT2D eigenvalue weighted by Crippen LogP contribution is 2.23. The Balaban J connectivity index is 1.95. The maximum atomic E-state index is 13.4. The molecule has 2 aromatic rings. The van der Waals surface area contributed by atoms with Crippen molar-refractivity contribution in [3.05, 3.63) is 64.0 Å². The van der Waals surface area contributed by atoms with E-state index in [2.05, 4.69) is 5.32 Å². The summed E-state index contributed by atoms with van der Waals surface area (Å²) < 4.78 is 39.2. The Morgan fingerprint density at radius 3 is 2.35 bits per heavy atom. The fourth-order valence-corrected chi connectivity index (χ4v) is 2.32. The molecule has 1 amide bonds. The summed E-state index contributed by atoms with van der Waals surface area (Å²) in [6.07, 6.45) is 0. The van der Waals surface area contributed by atoms with Crippen molar-refractivity contribution < 1.29 is 22.9 Å². The van der Waals surface area contributed by atoms with Crippen molar-refractivity contribution in [1.82, 2.24) is 0 Å². The molecule has 0 heterocycles. The Kier molecular flexibility index (Phi) is 5.22. The standard InChI is InChI=1S/C14H9F3N2O3S/c15-10-5-6-11(14(17)13(10)16)18-12(20)7-23-9-3-1-8(2-4-9)19(21)22/h1-6H,7H2,(H,18,20). The van der Waals surface area contributed by atoms with Crippen molar-refractivity contribution in [3.8, 4) is 0 Å². The summed E-state index contributed by atoms with van der Waals surface area (Å²) in [5.74, 6) is -5.24. The van der Waals surface area contributed by atoms with Crippen LogP contribution in [0.3, 0.4) is 0 Å². The molecule has 1 N–H and O–H groups in total. The summed E-state index contributed by atoms with van der Waals surface area (Å²) in [5.41, 5.74) is -0.541. The van der Waals surface area contributed by atoms with Crippen LogP contribution in [0.1, 0.15) is 0 Å². The third kappa shape index (κ3) is 4.22. The minimum atomic E-state index is -1.66. The van der Waals surface area contributed by atoms with E-state index in [0.29, 0.717) is 11.0 Å². The molecule has 0 aliphatic heterocycles. The number of nitrogens with zero attached hydrogens (tertiary/aromatic N) is 1. The van der Waals surface area contributed by atoms with Gasteiger partial charge in [-0.1, -0.05) is 0 Å². The van der Waals surface area contributed by atoms with E-state index in [1.54, 1.807) is 0 Å². The van der Waals surface area contributed by atoms with E-state index in [0.717, 1.165) is 17.8 Å². The van der Waals surface area contributed by atoms with Crippen molar-refractivity contribution in [1.29, 1.82) is 0 Å². The molecule has 2 aromatic carbocycles. The molecule has 5 nitrogen and oxygen atoms in total. The fourth-order valence-electron chi connectivity index (χ4n) is 1.62. The maximum absolute atomic E-state index is 13.4. The zero-order valence-electron chi connectivity index (χ0n) is 11.4. The Hall–Kier alpha value is -2.55. The highest BCUT2D eigenvalue weighted by atomic mass is 32.2. The molecule has 0 radical (unpaired) electrons. The van der Waals surface area contributed by atoms with Crippen LogP contribution in [0.25, 0.3) is 0 Å². The van der Waals surface area contributed by atoms with Gasteiger partial charge in [-0.25, -0.2) is 13.2 Å². The van der Waals surface area contributed by atoms with Crippen molar-refractivity contribution in [2.75, 3.05) is 11.1 Å². The lowest BCUT2D eigenvalue weighted by atomic mass is 10.3. The Labute approximate surface area is 132 Å². The molecule has 0 aliphatic carbocycles. The highest BCUT2D eigenvalue weighted by Gasteiger charge is 2.15. The average Bonchev–Trinajstić information content (AvgIpc) is 2.54. The van der Waals surface area contributed by atoms with Crippen LogP contribution in [0.15, 0.2) is 41.3 Å². The Morgan fingerprint density at radius 2 is 1.74 bits per heavy atom. The summed E-state index contributed by atoms with van der Waals surface area (Å²) in [6.45, 7) is 0. The van der Waals surface area contributed by atoms with Crippen molar-refractivity contribution in [3.63, 3.8) is 0 Å². The molecule has 0 atom stereocenters. The predicted octanol–water partition coefficient (Wildman–Crippen LogP) is 3.74. The lowest BCUT2D eigenvalue weighted by Crippen LogP contribution is -2.15. The molecule has 0 saturated carbocycles. The van der Waals surface area contributed by atoms with E-state index in [9.17, 15) is 28.1 Å². The molecule has 120 valence electrons. The van der Waals surface area contributed by atoms with Gasteiger partial charge in [0.15, 0.2) is 17.5 Å². The van der Waals surface area contributed by atoms with Crippen molar-refractivity contribution >= 4 is 29.0 Å². The number of hydrogen-bond acceptors (Lipinski definition) is 4. The van der Waals surface area contributed by atoms with E-state index in [1.165, 1.54) is 24.3 Å². The number of thioether (sulfide) groups is 1. The van der Waals surface area contributed by atoms with Gasteiger partial charge in [-0.3, -0.25) is 14.9 Å². The molecule has 9 heteroatoms. The van der Waals surface area contributed by atoms with Gasteiger partial charge in [0.2, 0.25) is 5.91 Å². The fraction of sp³-hybridized carbons (Fsp3) is 0.0714. The van der Waals surface area contributed by atoms with Crippen LogP contribution in [-0.4, -0.2) is 16.6 Å². The first-order chi connectivity index (χ1) is 10.9. The number of anilines is 1. The molecular formula is C14H9F3N2O3S. The molecule has 0 bridgehead atoms. The second-order valence-corrected chi connectivity index (χ2v) is 5.36. The average molecular weight is 342 g/mol. The van der Waals surface area contributed by atoms with Crippen LogP contribution < -0.4 is 5.32 Å². The first-order valence-electron chi connectivity index (χ1n) is 6.19. The minimum Gasteiger partial charge on any atom is -0.323 e. The third-order valence-corrected chi connectivity index (χ3v) is 3.74. The molecule has 0 spiro atoms. The van der Waals surface area contributed by atoms with Crippen LogP contribution in [0.4, 0.5) is 24.5 Å². The van der Waals surface area contributed by atoms with Gasteiger partial charge in [0, 0.05) is 17.0 Å². The molecular weight excluding hydrogens is 333 g/mol. The number of nitrogens with one attached hydrogen (secondary N) is 1. The van der Waals surface area contributed by atoms with E-state index < -0.39 is 34.0 Å². The van der Waals surface area contributed by atoms with Crippen LogP contribution in [0.2, 0.25) is 0 Å². The molecule has 0 unspecified atom stereocenters. The largest absolute Gasteiger partial charge is 0.323 e. The molecule has 2 rings (SSSR count). The van der Waals surface area contributed by atoms with Crippen LogP contribution in [0.5, 0.6) is 0 Å². The molecule has 0 aliphatic rings. The summed E-state index contributed by atoms with van der Waals surface area (Å²) in [6, 6.07) is 7.13. The number of rotatable bonds is 5. The molecule has 23 heavy (non-hydrogen) atoms. The van der Waals surface area contributed by atoms with E-state index in [1.807, 2.05) is 0 Å². The van der Waals surface area contributed by atoms with Gasteiger partial charge >= 0.3 is 0 Å². The first kappa shape index (κ1) is 16.8. The summed E-state index contributed by atoms with van der Waals surface area (Å²) >= 11 is 1.06. The van der Waals surface area contributed by atoms with Crippen molar-refractivity contribution in [2.45, 2.75) is 4.90 Å². The zero-order valence-corrected chi connectivity index (χ0v) is 12.2. The van der Waals surface area contributed by atoms with E-state index in [4.69, 9.17) is 0 Å². The number of benzene rings is 2. The zero-order chi connectivity index (χ0) is 17.0. The second kappa shape index (κ2) is 7.14. The van der Waals surface area contributed by atoms with Gasteiger partial charge in [-0.15, -0.1) is 11.8 Å². The number of carbonyl (C=O) groups excluding carboxylic acids is 1. The number of nitro benzene ring substituents is 1. The summed E-state index contributed by atoms with van der Waals surface area (Å²) in [5, 5.41) is 12.6. The summed E-state index contributed by atoms with van der Waals surface area (Å²) in [7, 11) is 0. The molecule has 0 saturated heterocycles. The highest BCUT2D eigenvalue weighted by molar-refractivity contribution is 8.00. The number of non-ortho nitro benzene ring substituents is 1. The van der Waals surface area contributed by atoms with Gasteiger partial charge in [-0.05, 0) is 24.3 Å². The van der Waals surface area contributed by atoms with Crippen LogP contribution in [-0.2, 0) is 4.79 Å². The Bertz CT molecular complexity index is 754. The van der Waals surface area contributed by atoms with Crippen LogP contribution in [0, 0.1) is 27.6 Å². The summed E-state index contributed by atoms with van der Waals surface area (Å²) in [4.78, 5) is 22.2. The van der Waals surface area contributed by atoms with Gasteiger partial charge in [0.05, 0.1) is 16.4 Å². The normalized spacial score (nSPS) is 10.4. The smallest absolute Gasteiger partial charge is 0.269 e. The van der Waals surface area contributed by atoms with Crippen molar-refractivity contribution in [2.24, 2.45) is 0 Å². The number of carbonyl (C=O) groups is 1. The molecule has 0 fully saturated rings. The lowest BCUT2D eigenvalue weighted by Gasteiger charge is -2.07. The maximum Gasteiger partial charge on any atom is 0.269 e. The number of amides is 1. The monoisotopic (exact) mass is 342 g/mol. The number of nitro groups is 1. The van der Waals surface area contributed by atoms with Crippen LogP contribution >= 0.6 is 11.8 Å². The van der Waals surface area contributed by atoms with E-state index >= 15 is 0 Å². The second-order valence-electron chi connectivity index (χ2n) is 4.31. The van der Waals surface area contributed by atoms with Gasteiger partial charge in [0.25, 0.3) is 5.69 Å². The number of halogens is 3. The third-order valence-electron chi connectivity index (χ3n) is 2.73. The number of hydrogen-bond donors (Lipinski definition) is 1. The first-order valence-corrected chi connectivity index (χ1v) is 7.17. The molecule has 0 aromatic heterocycles. The van der Waals surface area contributed by atoms with Gasteiger partial charge in [0.1, 0.15) is 0 Å². The predicted molar refractivity (Wildman–Crippen MR) is 78.8 cm³/mol. The minimum absolute atomic E-state index is 0.0809. The SMILES string of the molecule is O=C(CSc1ccc([N+](=O)[O-])cc1)Nc1ccc(F)c(F)c1F. The quantitative estimate of drug-likeness (QED) is 0.389. The lowest BCUT2D eigenvalue weighted by molar-refractivity contribution is -0.384.